The molecule has 2 aliphatic heterocycles. The summed E-state index contributed by atoms with van der Waals surface area (Å²) in [6, 6.07) is 0. The monoisotopic (exact) mass is 609 g/mol. The third-order valence-corrected chi connectivity index (χ3v) is 9.38. The second kappa shape index (κ2) is 16.2. The van der Waals surface area contributed by atoms with Crippen molar-refractivity contribution in [2.75, 3.05) is 0 Å². The molecule has 0 bridgehead atoms. The van der Waals surface area contributed by atoms with E-state index >= 15 is 0 Å². The molecule has 0 spiro atoms. The SMILES string of the molecule is C=CC1OC1[C@@H](C)[C@H](OC(N)=O)[C@@H](C)[C@@H](O)[C@@H](C)C/C(C)=C\[C@H](C)[C@@H](O)[C@@H](C)/C=C\[C@@H](O)C[C@@H]1OC(=O)[C@H](C)[C@@H](O)[C@H]1C. The van der Waals surface area contributed by atoms with Gasteiger partial charge in [-0.3, -0.25) is 4.79 Å². The lowest BCUT2D eigenvalue weighted by molar-refractivity contribution is -0.179. The number of ether oxygens (including phenoxy) is 3. The molecular formula is C33H55NO9. The molecule has 0 radical (unpaired) electrons. The standard InChI is InChI=1S/C33H55NO9/c1-10-25-31(41-25)23(9)30(43-33(34)40)21(7)28(37)19(5)14-16(2)13-18(4)27(36)17(3)11-12-24(35)15-26-20(6)29(38)22(8)32(39)42-26/h10-13,17-31,35-38H,1,14-15H2,2-9H3,(H2,34,40)/b12-11-,16-13-/t17-,18-,19-,20-,21-,22+,23-,24+,25?,26-,27-,28-,29-,30+,31?/m0/s1. The van der Waals surface area contributed by atoms with Gasteiger partial charge in [-0.2, -0.15) is 0 Å². The largest absolute Gasteiger partial charge is 0.462 e. The molecule has 0 aromatic carbocycles. The molecule has 2 rings (SSSR count). The Balaban J connectivity index is 1.93. The first-order valence-electron chi connectivity index (χ1n) is 15.5. The predicted octanol–water partition coefficient (Wildman–Crippen LogP) is 3.51. The first-order valence-corrected chi connectivity index (χ1v) is 15.5. The van der Waals surface area contributed by atoms with E-state index in [1.807, 2.05) is 47.6 Å². The van der Waals surface area contributed by atoms with Crippen molar-refractivity contribution in [1.29, 1.82) is 0 Å². The van der Waals surface area contributed by atoms with Crippen molar-refractivity contribution in [2.24, 2.45) is 47.2 Å². The van der Waals surface area contributed by atoms with E-state index in [1.54, 1.807) is 32.1 Å². The van der Waals surface area contributed by atoms with Crippen LogP contribution in [0.1, 0.15) is 68.2 Å². The van der Waals surface area contributed by atoms with Crippen LogP contribution in [-0.4, -0.2) is 81.3 Å². The Bertz CT molecular complexity index is 999. The summed E-state index contributed by atoms with van der Waals surface area (Å²) in [5, 5.41) is 42.9. The number of carbonyl (C=O) groups excluding carboxylic acids is 2. The van der Waals surface area contributed by atoms with E-state index in [1.165, 1.54) is 0 Å². The van der Waals surface area contributed by atoms with Gasteiger partial charge in [0.2, 0.25) is 0 Å². The zero-order chi connectivity index (χ0) is 32.8. The molecule has 2 fully saturated rings. The summed E-state index contributed by atoms with van der Waals surface area (Å²) in [5.74, 6) is -2.57. The highest BCUT2D eigenvalue weighted by atomic mass is 16.6. The van der Waals surface area contributed by atoms with E-state index in [9.17, 15) is 30.0 Å². The van der Waals surface area contributed by atoms with Crippen LogP contribution < -0.4 is 5.73 Å². The lowest BCUT2D eigenvalue weighted by atomic mass is 9.80. The Kier molecular flexibility index (Phi) is 13.9. The normalized spacial score (nSPS) is 32.5. The van der Waals surface area contributed by atoms with Crippen LogP contribution in [0, 0.1) is 41.4 Å². The van der Waals surface area contributed by atoms with Gasteiger partial charge in [0.15, 0.2) is 0 Å². The number of carbonyl (C=O) groups is 2. The predicted molar refractivity (Wildman–Crippen MR) is 164 cm³/mol. The topological polar surface area (TPSA) is 172 Å². The number of epoxide rings is 1. The van der Waals surface area contributed by atoms with Crippen molar-refractivity contribution in [3.05, 3.63) is 36.5 Å². The zero-order valence-corrected chi connectivity index (χ0v) is 27.0. The summed E-state index contributed by atoms with van der Waals surface area (Å²) < 4.78 is 16.4. The zero-order valence-electron chi connectivity index (χ0n) is 27.0. The highest BCUT2D eigenvalue weighted by Crippen LogP contribution is 2.37. The van der Waals surface area contributed by atoms with E-state index < -0.39 is 60.5 Å². The average Bonchev–Trinajstić information content (AvgIpc) is 3.74. The lowest BCUT2D eigenvalue weighted by Gasteiger charge is -2.36. The maximum Gasteiger partial charge on any atom is 0.404 e. The minimum absolute atomic E-state index is 0.104. The quantitative estimate of drug-likeness (QED) is 0.0997. The molecule has 0 aliphatic carbocycles. The summed E-state index contributed by atoms with van der Waals surface area (Å²) >= 11 is 0. The molecule has 0 saturated carbocycles. The van der Waals surface area contributed by atoms with Crippen molar-refractivity contribution in [1.82, 2.24) is 0 Å². The van der Waals surface area contributed by atoms with Crippen molar-refractivity contribution < 1.29 is 44.2 Å². The molecule has 0 aromatic rings. The second-order valence-electron chi connectivity index (χ2n) is 13.1. The fraction of sp³-hybridized carbons (Fsp3) is 0.758. The van der Waals surface area contributed by atoms with E-state index in [-0.39, 0.29) is 48.2 Å². The smallest absolute Gasteiger partial charge is 0.404 e. The number of cyclic esters (lactones) is 1. The van der Waals surface area contributed by atoms with Crippen LogP contribution in [0.5, 0.6) is 0 Å². The van der Waals surface area contributed by atoms with E-state index in [4.69, 9.17) is 19.9 Å². The third kappa shape index (κ3) is 10.1. The number of esters is 1. The van der Waals surface area contributed by atoms with Gasteiger partial charge in [-0.25, -0.2) is 4.79 Å². The molecule has 2 aliphatic rings. The Morgan fingerprint density at radius 2 is 1.70 bits per heavy atom. The van der Waals surface area contributed by atoms with Gasteiger partial charge in [0, 0.05) is 36.0 Å². The van der Waals surface area contributed by atoms with E-state index in [2.05, 4.69) is 6.58 Å². The van der Waals surface area contributed by atoms with Gasteiger partial charge in [-0.1, -0.05) is 71.4 Å². The van der Waals surface area contributed by atoms with E-state index in [0.29, 0.717) is 6.42 Å². The minimum Gasteiger partial charge on any atom is -0.462 e. The number of hydrogen-bond donors (Lipinski definition) is 5. The lowest BCUT2D eigenvalue weighted by Crippen LogP contribution is -2.47. The van der Waals surface area contributed by atoms with Gasteiger partial charge in [0.05, 0.1) is 36.4 Å². The Labute approximate surface area is 257 Å². The van der Waals surface area contributed by atoms with Crippen LogP contribution in [0.2, 0.25) is 0 Å². The number of allylic oxidation sites excluding steroid dienone is 1. The molecule has 2 heterocycles. The van der Waals surface area contributed by atoms with Gasteiger partial charge in [0.25, 0.3) is 0 Å². The van der Waals surface area contributed by atoms with Crippen molar-refractivity contribution in [3.63, 3.8) is 0 Å². The average molecular weight is 610 g/mol. The van der Waals surface area contributed by atoms with Crippen molar-refractivity contribution in [3.8, 4) is 0 Å². The molecule has 43 heavy (non-hydrogen) atoms. The van der Waals surface area contributed by atoms with Crippen LogP contribution in [0.15, 0.2) is 36.5 Å². The number of hydrogen-bond acceptors (Lipinski definition) is 9. The van der Waals surface area contributed by atoms with Crippen LogP contribution in [0.3, 0.4) is 0 Å². The number of primary amides is 1. The van der Waals surface area contributed by atoms with Crippen LogP contribution >= 0.6 is 0 Å². The number of nitrogens with two attached hydrogens (primary N) is 1. The maximum absolute atomic E-state index is 12.0. The van der Waals surface area contributed by atoms with Crippen molar-refractivity contribution >= 4 is 12.1 Å². The summed E-state index contributed by atoms with van der Waals surface area (Å²) in [6.45, 7) is 18.6. The summed E-state index contributed by atoms with van der Waals surface area (Å²) in [6.07, 6.45) is 2.19. The van der Waals surface area contributed by atoms with Gasteiger partial charge < -0.3 is 40.4 Å². The molecule has 10 heteroatoms. The number of aliphatic hydroxyl groups excluding tert-OH is 4. The molecule has 10 nitrogen and oxygen atoms in total. The molecular weight excluding hydrogens is 554 g/mol. The second-order valence-corrected chi connectivity index (χ2v) is 13.1. The van der Waals surface area contributed by atoms with Crippen LogP contribution in [0.4, 0.5) is 4.79 Å². The van der Waals surface area contributed by atoms with Gasteiger partial charge >= 0.3 is 12.1 Å². The first kappa shape index (κ1) is 36.9. The highest BCUT2D eigenvalue weighted by Gasteiger charge is 2.47. The summed E-state index contributed by atoms with van der Waals surface area (Å²) in [5.41, 5.74) is 6.34. The van der Waals surface area contributed by atoms with Gasteiger partial charge in [-0.15, -0.1) is 6.58 Å². The molecule has 6 N–H and O–H groups in total. The van der Waals surface area contributed by atoms with Gasteiger partial charge in [-0.05, 0) is 26.2 Å². The molecule has 2 saturated heterocycles. The number of aliphatic hydroxyl groups is 4. The van der Waals surface area contributed by atoms with Crippen LogP contribution in [0.25, 0.3) is 0 Å². The Morgan fingerprint density at radius 1 is 1.07 bits per heavy atom. The maximum atomic E-state index is 12.0. The molecule has 1 amide bonds. The Hall–Kier alpha value is -2.24. The fourth-order valence-corrected chi connectivity index (χ4v) is 6.37. The number of amides is 1. The molecule has 246 valence electrons. The minimum atomic E-state index is -0.897. The first-order chi connectivity index (χ1) is 20.0. The fourth-order valence-electron chi connectivity index (χ4n) is 6.37. The van der Waals surface area contributed by atoms with Crippen molar-refractivity contribution in [2.45, 2.75) is 117 Å². The van der Waals surface area contributed by atoms with E-state index in [0.717, 1.165) is 5.57 Å². The third-order valence-electron chi connectivity index (χ3n) is 9.38. The molecule has 0 aromatic heterocycles. The Morgan fingerprint density at radius 3 is 2.26 bits per heavy atom. The van der Waals surface area contributed by atoms with Gasteiger partial charge in [0.1, 0.15) is 18.3 Å². The summed E-state index contributed by atoms with van der Waals surface area (Å²) in [4.78, 5) is 23.6. The highest BCUT2D eigenvalue weighted by molar-refractivity contribution is 5.73. The molecule has 2 unspecified atom stereocenters. The molecule has 15 atom stereocenters. The number of rotatable bonds is 16. The van der Waals surface area contributed by atoms with Crippen LogP contribution in [-0.2, 0) is 19.0 Å². The summed E-state index contributed by atoms with van der Waals surface area (Å²) in [7, 11) is 0.